The Bertz CT molecular complexity index is 593. The fraction of sp³-hybridized carbons (Fsp3) is 0.182. The van der Waals surface area contributed by atoms with Gasteiger partial charge in [0.15, 0.2) is 0 Å². The van der Waals surface area contributed by atoms with Gasteiger partial charge in [0.25, 0.3) is 0 Å². The number of nitrogens with one attached hydrogen (secondary N) is 1. The molecule has 0 aliphatic carbocycles. The minimum Gasteiger partial charge on any atom is -0.378 e. The van der Waals surface area contributed by atoms with Crippen LogP contribution in [-0.2, 0) is 11.3 Å². The first-order valence-corrected chi connectivity index (χ1v) is 5.65. The second kappa shape index (κ2) is 5.00. The third-order valence-electron chi connectivity index (χ3n) is 2.23. The van der Waals surface area contributed by atoms with Crippen molar-refractivity contribution in [2.24, 2.45) is 0 Å². The molecule has 0 bridgehead atoms. The Kier molecular flexibility index (Phi) is 3.61. The van der Waals surface area contributed by atoms with Crippen molar-refractivity contribution in [3.05, 3.63) is 45.4 Å². The van der Waals surface area contributed by atoms with Gasteiger partial charge in [-0.2, -0.15) is 0 Å². The van der Waals surface area contributed by atoms with Crippen molar-refractivity contribution in [3.63, 3.8) is 0 Å². The van der Waals surface area contributed by atoms with Crippen LogP contribution >= 0.6 is 23.8 Å². The Labute approximate surface area is 108 Å². The number of methoxy groups -OCH3 is 1. The van der Waals surface area contributed by atoms with Crippen molar-refractivity contribution in [1.29, 1.82) is 0 Å². The van der Waals surface area contributed by atoms with Gasteiger partial charge in [0, 0.05) is 13.2 Å². The van der Waals surface area contributed by atoms with Gasteiger partial charge in [-0.05, 0) is 18.2 Å². The summed E-state index contributed by atoms with van der Waals surface area (Å²) in [5.74, 6) is -0.478. The molecule has 90 valence electrons. The molecule has 1 N–H and O–H groups in total. The Balaban J connectivity index is 2.45. The smallest absolute Gasteiger partial charge is 0.143 e. The average Bonchev–Trinajstić information content (AvgIpc) is 2.64. The lowest BCUT2D eigenvalue weighted by molar-refractivity contribution is 0.181. The van der Waals surface area contributed by atoms with E-state index in [4.69, 9.17) is 28.6 Å². The topological polar surface area (TPSA) is 29.9 Å². The number of H-pyrrole nitrogens is 1. The molecule has 0 radical (unpaired) electrons. The SMILES string of the molecule is COCc1cc(=S)n(-c2ccc(Cl)c(F)c2)[nH]1. The minimum atomic E-state index is -0.478. The molecular formula is C11H10ClFN2OS. The van der Waals surface area contributed by atoms with Crippen molar-refractivity contribution in [3.8, 4) is 5.69 Å². The van der Waals surface area contributed by atoms with E-state index in [-0.39, 0.29) is 5.02 Å². The van der Waals surface area contributed by atoms with Crippen molar-refractivity contribution in [2.75, 3.05) is 7.11 Å². The molecular weight excluding hydrogens is 263 g/mol. The second-order valence-electron chi connectivity index (χ2n) is 3.49. The highest BCUT2D eigenvalue weighted by atomic mass is 35.5. The van der Waals surface area contributed by atoms with Crippen molar-refractivity contribution < 1.29 is 9.13 Å². The average molecular weight is 273 g/mol. The fourth-order valence-electron chi connectivity index (χ4n) is 1.49. The summed E-state index contributed by atoms with van der Waals surface area (Å²) in [4.78, 5) is 0. The summed E-state index contributed by atoms with van der Waals surface area (Å²) < 4.78 is 20.5. The Morgan fingerprint density at radius 3 is 2.88 bits per heavy atom. The fourth-order valence-corrected chi connectivity index (χ4v) is 1.90. The molecule has 17 heavy (non-hydrogen) atoms. The molecule has 6 heteroatoms. The minimum absolute atomic E-state index is 0.0870. The van der Waals surface area contributed by atoms with Crippen LogP contribution in [0.5, 0.6) is 0 Å². The maximum atomic E-state index is 13.3. The number of ether oxygens (including phenoxy) is 1. The van der Waals surface area contributed by atoms with Crippen LogP contribution in [0.4, 0.5) is 4.39 Å². The van der Waals surface area contributed by atoms with Crippen LogP contribution < -0.4 is 0 Å². The number of nitrogens with zero attached hydrogens (tertiary/aromatic N) is 1. The van der Waals surface area contributed by atoms with E-state index in [2.05, 4.69) is 5.10 Å². The quantitative estimate of drug-likeness (QED) is 0.867. The first kappa shape index (κ1) is 12.3. The summed E-state index contributed by atoms with van der Waals surface area (Å²) in [6.07, 6.45) is 0. The van der Waals surface area contributed by atoms with E-state index in [1.807, 2.05) is 0 Å². The van der Waals surface area contributed by atoms with E-state index in [1.165, 1.54) is 12.1 Å². The molecule has 0 saturated heterocycles. The number of hydrogen-bond acceptors (Lipinski definition) is 2. The molecule has 1 heterocycles. The zero-order valence-corrected chi connectivity index (χ0v) is 10.6. The molecule has 3 nitrogen and oxygen atoms in total. The maximum absolute atomic E-state index is 13.3. The molecule has 0 aliphatic heterocycles. The molecule has 0 amide bonds. The van der Waals surface area contributed by atoms with Crippen LogP contribution in [0.15, 0.2) is 24.3 Å². The zero-order valence-electron chi connectivity index (χ0n) is 9.04. The summed E-state index contributed by atoms with van der Waals surface area (Å²) in [6.45, 7) is 0.423. The third kappa shape index (κ3) is 2.57. The number of rotatable bonds is 3. The molecule has 0 unspecified atom stereocenters. The highest BCUT2D eigenvalue weighted by Crippen LogP contribution is 2.18. The number of hydrogen-bond donors (Lipinski definition) is 1. The van der Waals surface area contributed by atoms with Gasteiger partial charge in [-0.25, -0.2) is 9.07 Å². The van der Waals surface area contributed by atoms with Crippen molar-refractivity contribution in [2.45, 2.75) is 6.61 Å². The maximum Gasteiger partial charge on any atom is 0.143 e. The monoisotopic (exact) mass is 272 g/mol. The standard InChI is InChI=1S/C11H10ClFN2OS/c1-16-6-7-4-11(17)15(14-7)8-2-3-9(12)10(13)5-8/h2-5,14H,6H2,1H3. The van der Waals surface area contributed by atoms with E-state index in [0.717, 1.165) is 5.69 Å². The van der Waals surface area contributed by atoms with Gasteiger partial charge in [0.1, 0.15) is 10.5 Å². The summed E-state index contributed by atoms with van der Waals surface area (Å²) in [7, 11) is 1.59. The third-order valence-corrected chi connectivity index (χ3v) is 2.84. The molecule has 1 aromatic heterocycles. The Morgan fingerprint density at radius 2 is 2.24 bits per heavy atom. The first-order chi connectivity index (χ1) is 8.11. The molecule has 0 spiro atoms. The van der Waals surface area contributed by atoms with Gasteiger partial charge >= 0.3 is 0 Å². The van der Waals surface area contributed by atoms with Crippen LogP contribution in [0.1, 0.15) is 5.69 Å². The molecule has 2 rings (SSSR count). The molecule has 0 aliphatic rings. The van der Waals surface area contributed by atoms with E-state index < -0.39 is 5.82 Å². The van der Waals surface area contributed by atoms with E-state index in [9.17, 15) is 4.39 Å². The lowest BCUT2D eigenvalue weighted by Gasteiger charge is -2.04. The molecule has 0 fully saturated rings. The number of benzene rings is 1. The predicted octanol–water partition coefficient (Wildman–Crippen LogP) is 3.47. The van der Waals surface area contributed by atoms with Crippen LogP contribution in [-0.4, -0.2) is 16.9 Å². The van der Waals surface area contributed by atoms with E-state index >= 15 is 0 Å². The van der Waals surface area contributed by atoms with Gasteiger partial charge < -0.3 is 4.74 Å². The number of halogens is 2. The highest BCUT2D eigenvalue weighted by Gasteiger charge is 2.05. The van der Waals surface area contributed by atoms with Gasteiger partial charge in [-0.3, -0.25) is 5.10 Å². The highest BCUT2D eigenvalue weighted by molar-refractivity contribution is 7.71. The summed E-state index contributed by atoms with van der Waals surface area (Å²) >= 11 is 10.8. The largest absolute Gasteiger partial charge is 0.378 e. The van der Waals surface area contributed by atoms with Crippen molar-refractivity contribution in [1.82, 2.24) is 9.78 Å². The normalized spacial score (nSPS) is 10.8. The van der Waals surface area contributed by atoms with Gasteiger partial charge in [0.05, 0.1) is 23.0 Å². The van der Waals surface area contributed by atoms with Crippen molar-refractivity contribution >= 4 is 23.8 Å². The Hall–Kier alpha value is -1.17. The van der Waals surface area contributed by atoms with Crippen LogP contribution in [0.2, 0.25) is 5.02 Å². The number of aromatic amines is 1. The number of aromatic nitrogens is 2. The summed E-state index contributed by atoms with van der Waals surface area (Å²) in [5.41, 5.74) is 1.42. The van der Waals surface area contributed by atoms with Crippen LogP contribution in [0.25, 0.3) is 5.69 Å². The predicted molar refractivity (Wildman–Crippen MR) is 66.6 cm³/mol. The van der Waals surface area contributed by atoms with E-state index in [1.54, 1.807) is 23.9 Å². The Morgan fingerprint density at radius 1 is 1.47 bits per heavy atom. The first-order valence-electron chi connectivity index (χ1n) is 4.87. The summed E-state index contributed by atoms with van der Waals surface area (Å²) in [5, 5.41) is 3.11. The lowest BCUT2D eigenvalue weighted by Crippen LogP contribution is -1.98. The van der Waals surface area contributed by atoms with Crippen LogP contribution in [0, 0.1) is 10.5 Å². The molecule has 1 aromatic carbocycles. The van der Waals surface area contributed by atoms with Gasteiger partial charge in [-0.1, -0.05) is 23.8 Å². The lowest BCUT2D eigenvalue weighted by atomic mass is 10.3. The van der Waals surface area contributed by atoms with Gasteiger partial charge in [0.2, 0.25) is 0 Å². The van der Waals surface area contributed by atoms with E-state index in [0.29, 0.717) is 16.9 Å². The molecule has 2 aromatic rings. The zero-order chi connectivity index (χ0) is 12.4. The second-order valence-corrected chi connectivity index (χ2v) is 4.31. The molecule has 0 atom stereocenters. The molecule has 0 saturated carbocycles. The van der Waals surface area contributed by atoms with Gasteiger partial charge in [-0.15, -0.1) is 0 Å². The summed E-state index contributed by atoms with van der Waals surface area (Å²) in [6, 6.07) is 6.27. The van der Waals surface area contributed by atoms with Crippen LogP contribution in [0.3, 0.4) is 0 Å².